The Hall–Kier alpha value is -1.13. The smallest absolute Gasteiger partial charge is 0.212 e. The number of nitrogens with one attached hydrogen (secondary N) is 1. The third-order valence-electron chi connectivity index (χ3n) is 3.49. The molecule has 1 N–H and O–H groups in total. The van der Waals surface area contributed by atoms with Crippen molar-refractivity contribution in [1.29, 1.82) is 0 Å². The Morgan fingerprint density at radius 3 is 3.06 bits per heavy atom. The molecule has 2 unspecified atom stereocenters. The lowest BCUT2D eigenvalue weighted by atomic mass is 10.00. The van der Waals surface area contributed by atoms with Gasteiger partial charge in [-0.05, 0) is 24.3 Å². The molecule has 100 valence electrons. The van der Waals surface area contributed by atoms with Gasteiger partial charge in [-0.3, -0.25) is 0 Å². The Morgan fingerprint density at radius 1 is 1.50 bits per heavy atom. The van der Waals surface area contributed by atoms with E-state index in [2.05, 4.69) is 17.2 Å². The fourth-order valence-corrected chi connectivity index (χ4v) is 2.42. The molecule has 2 heterocycles. The maximum absolute atomic E-state index is 5.68. The third kappa shape index (κ3) is 3.43. The highest BCUT2D eigenvalue weighted by atomic mass is 16.5. The Labute approximate surface area is 109 Å². The van der Waals surface area contributed by atoms with Crippen LogP contribution in [0.5, 0.6) is 5.88 Å². The topological polar surface area (TPSA) is 43.4 Å². The zero-order chi connectivity index (χ0) is 12.8. The largest absolute Gasteiger partial charge is 0.481 e. The highest BCUT2D eigenvalue weighted by Gasteiger charge is 2.25. The summed E-state index contributed by atoms with van der Waals surface area (Å²) < 4.78 is 10.7. The molecule has 1 aromatic rings. The first-order valence-corrected chi connectivity index (χ1v) is 6.64. The summed E-state index contributed by atoms with van der Waals surface area (Å²) >= 11 is 0. The van der Waals surface area contributed by atoms with Gasteiger partial charge in [0.15, 0.2) is 0 Å². The minimum Gasteiger partial charge on any atom is -0.481 e. The van der Waals surface area contributed by atoms with Gasteiger partial charge in [0.25, 0.3) is 0 Å². The van der Waals surface area contributed by atoms with E-state index in [0.717, 1.165) is 26.1 Å². The van der Waals surface area contributed by atoms with E-state index in [4.69, 9.17) is 9.47 Å². The van der Waals surface area contributed by atoms with Crippen LogP contribution in [0.25, 0.3) is 0 Å². The van der Waals surface area contributed by atoms with Gasteiger partial charge in [0, 0.05) is 32.0 Å². The lowest BCUT2D eigenvalue weighted by Gasteiger charge is -2.17. The van der Waals surface area contributed by atoms with E-state index in [0.29, 0.717) is 17.9 Å². The molecular weight excluding hydrogens is 228 g/mol. The van der Waals surface area contributed by atoms with Crippen LogP contribution in [0.4, 0.5) is 0 Å². The van der Waals surface area contributed by atoms with E-state index in [1.165, 1.54) is 12.0 Å². The fourth-order valence-electron chi connectivity index (χ4n) is 2.42. The molecule has 0 bridgehead atoms. The molecule has 2 atom stereocenters. The van der Waals surface area contributed by atoms with Crippen molar-refractivity contribution in [3.8, 4) is 5.88 Å². The summed E-state index contributed by atoms with van der Waals surface area (Å²) in [5, 5.41) is 3.48. The Bertz CT molecular complexity index is 353. The number of aromatic nitrogens is 1. The van der Waals surface area contributed by atoms with Gasteiger partial charge in [-0.2, -0.15) is 0 Å². The second-order valence-electron chi connectivity index (χ2n) is 4.71. The van der Waals surface area contributed by atoms with Gasteiger partial charge >= 0.3 is 0 Å². The van der Waals surface area contributed by atoms with Crippen LogP contribution < -0.4 is 10.1 Å². The van der Waals surface area contributed by atoms with Gasteiger partial charge in [0.1, 0.15) is 0 Å². The van der Waals surface area contributed by atoms with E-state index in [1.807, 2.05) is 18.3 Å². The SMILES string of the molecule is CCC1OCCC1CNCc1ccc(OC)nc1. The summed E-state index contributed by atoms with van der Waals surface area (Å²) in [4.78, 5) is 4.19. The Kier molecular flexibility index (Phi) is 4.96. The highest BCUT2D eigenvalue weighted by Crippen LogP contribution is 2.22. The van der Waals surface area contributed by atoms with Gasteiger partial charge in [0.2, 0.25) is 5.88 Å². The summed E-state index contributed by atoms with van der Waals surface area (Å²) in [6, 6.07) is 3.94. The van der Waals surface area contributed by atoms with Crippen molar-refractivity contribution in [1.82, 2.24) is 10.3 Å². The maximum atomic E-state index is 5.68. The van der Waals surface area contributed by atoms with Crippen molar-refractivity contribution < 1.29 is 9.47 Å². The van der Waals surface area contributed by atoms with E-state index in [9.17, 15) is 0 Å². The van der Waals surface area contributed by atoms with Crippen LogP contribution >= 0.6 is 0 Å². The van der Waals surface area contributed by atoms with E-state index < -0.39 is 0 Å². The number of ether oxygens (including phenoxy) is 2. The first-order chi connectivity index (χ1) is 8.83. The van der Waals surface area contributed by atoms with Crippen molar-refractivity contribution in [2.24, 2.45) is 5.92 Å². The Balaban J connectivity index is 1.74. The van der Waals surface area contributed by atoms with Crippen LogP contribution in [0.1, 0.15) is 25.3 Å². The van der Waals surface area contributed by atoms with E-state index in [-0.39, 0.29) is 0 Å². The van der Waals surface area contributed by atoms with Crippen molar-refractivity contribution in [3.63, 3.8) is 0 Å². The molecular formula is C14H22N2O2. The molecule has 4 heteroatoms. The van der Waals surface area contributed by atoms with Crippen LogP contribution in [0.2, 0.25) is 0 Å². The molecule has 4 nitrogen and oxygen atoms in total. The number of rotatable bonds is 6. The van der Waals surface area contributed by atoms with Crippen LogP contribution in [-0.2, 0) is 11.3 Å². The van der Waals surface area contributed by atoms with Gasteiger partial charge in [-0.15, -0.1) is 0 Å². The fraction of sp³-hybridized carbons (Fsp3) is 0.643. The predicted molar refractivity (Wildman–Crippen MR) is 70.6 cm³/mol. The molecule has 0 radical (unpaired) electrons. The zero-order valence-corrected chi connectivity index (χ0v) is 11.2. The molecule has 2 rings (SSSR count). The zero-order valence-electron chi connectivity index (χ0n) is 11.2. The number of hydrogen-bond donors (Lipinski definition) is 1. The third-order valence-corrected chi connectivity index (χ3v) is 3.49. The average molecular weight is 250 g/mol. The second-order valence-corrected chi connectivity index (χ2v) is 4.71. The standard InChI is InChI=1S/C14H22N2O2/c1-3-13-12(6-7-18-13)10-15-8-11-4-5-14(17-2)16-9-11/h4-5,9,12-13,15H,3,6-8,10H2,1-2H3. The van der Waals surface area contributed by atoms with Crippen LogP contribution in [0, 0.1) is 5.92 Å². The van der Waals surface area contributed by atoms with E-state index in [1.54, 1.807) is 7.11 Å². The summed E-state index contributed by atoms with van der Waals surface area (Å²) in [5.74, 6) is 1.31. The summed E-state index contributed by atoms with van der Waals surface area (Å²) in [6.07, 6.45) is 4.57. The molecule has 0 saturated carbocycles. The molecule has 18 heavy (non-hydrogen) atoms. The number of nitrogens with zero attached hydrogens (tertiary/aromatic N) is 1. The van der Waals surface area contributed by atoms with Crippen LogP contribution in [-0.4, -0.2) is 31.3 Å². The number of methoxy groups -OCH3 is 1. The highest BCUT2D eigenvalue weighted by molar-refractivity contribution is 5.17. The maximum Gasteiger partial charge on any atom is 0.212 e. The van der Waals surface area contributed by atoms with Crippen molar-refractivity contribution in [2.45, 2.75) is 32.4 Å². The summed E-state index contributed by atoms with van der Waals surface area (Å²) in [5.41, 5.74) is 1.18. The second kappa shape index (κ2) is 6.71. The van der Waals surface area contributed by atoms with Crippen LogP contribution in [0.15, 0.2) is 18.3 Å². The molecule has 0 aromatic carbocycles. The number of hydrogen-bond acceptors (Lipinski definition) is 4. The van der Waals surface area contributed by atoms with Gasteiger partial charge in [-0.25, -0.2) is 4.98 Å². The monoisotopic (exact) mass is 250 g/mol. The molecule has 1 fully saturated rings. The molecule has 1 aliphatic heterocycles. The molecule has 0 aliphatic carbocycles. The molecule has 0 amide bonds. The average Bonchev–Trinajstić information content (AvgIpc) is 2.87. The molecule has 0 spiro atoms. The van der Waals surface area contributed by atoms with Gasteiger partial charge in [-0.1, -0.05) is 13.0 Å². The Morgan fingerprint density at radius 2 is 2.39 bits per heavy atom. The van der Waals surface area contributed by atoms with Crippen molar-refractivity contribution >= 4 is 0 Å². The lowest BCUT2D eigenvalue weighted by molar-refractivity contribution is 0.0872. The number of pyridine rings is 1. The van der Waals surface area contributed by atoms with Gasteiger partial charge in [0.05, 0.1) is 13.2 Å². The molecule has 1 aromatic heterocycles. The minimum atomic E-state index is 0.437. The normalized spacial score (nSPS) is 23.2. The predicted octanol–water partition coefficient (Wildman–Crippen LogP) is 1.99. The summed E-state index contributed by atoms with van der Waals surface area (Å²) in [6.45, 7) is 4.97. The van der Waals surface area contributed by atoms with Crippen molar-refractivity contribution in [3.05, 3.63) is 23.9 Å². The summed E-state index contributed by atoms with van der Waals surface area (Å²) in [7, 11) is 1.63. The minimum absolute atomic E-state index is 0.437. The molecule has 1 saturated heterocycles. The first-order valence-electron chi connectivity index (χ1n) is 6.64. The van der Waals surface area contributed by atoms with Crippen LogP contribution in [0.3, 0.4) is 0 Å². The van der Waals surface area contributed by atoms with E-state index >= 15 is 0 Å². The molecule has 1 aliphatic rings. The first kappa shape index (κ1) is 13.3. The van der Waals surface area contributed by atoms with Gasteiger partial charge < -0.3 is 14.8 Å². The van der Waals surface area contributed by atoms with Crippen molar-refractivity contribution in [2.75, 3.05) is 20.3 Å². The lowest BCUT2D eigenvalue weighted by Crippen LogP contribution is -2.27. The quantitative estimate of drug-likeness (QED) is 0.838.